The molecule has 1 aliphatic heterocycles. The van der Waals surface area contributed by atoms with Gasteiger partial charge in [-0.3, -0.25) is 4.40 Å². The Bertz CT molecular complexity index is 522. The zero-order valence-corrected chi connectivity index (χ0v) is 9.95. The summed E-state index contributed by atoms with van der Waals surface area (Å²) in [6, 6.07) is 6.34. The standard InChI is InChI=1S/C13H17N3O/c1-10-5-7-15(11(10)9-17)13-4-2-3-12-14-6-8-16(12)13/h2-4,6,8,10-11,17H,5,7,9H2,1H3. The van der Waals surface area contributed by atoms with Crippen molar-refractivity contribution in [1.29, 1.82) is 0 Å². The molecule has 3 rings (SSSR count). The van der Waals surface area contributed by atoms with Crippen molar-refractivity contribution in [3.63, 3.8) is 0 Å². The molecule has 0 aliphatic carbocycles. The molecule has 1 saturated heterocycles. The number of pyridine rings is 1. The zero-order chi connectivity index (χ0) is 11.8. The van der Waals surface area contributed by atoms with Gasteiger partial charge in [-0.15, -0.1) is 0 Å². The Morgan fingerprint density at radius 2 is 2.35 bits per heavy atom. The van der Waals surface area contributed by atoms with E-state index in [1.165, 1.54) is 0 Å². The van der Waals surface area contributed by atoms with Gasteiger partial charge >= 0.3 is 0 Å². The van der Waals surface area contributed by atoms with Crippen molar-refractivity contribution in [3.8, 4) is 0 Å². The van der Waals surface area contributed by atoms with Crippen LogP contribution in [0.15, 0.2) is 30.6 Å². The number of aliphatic hydroxyl groups is 1. The highest BCUT2D eigenvalue weighted by Crippen LogP contribution is 2.29. The van der Waals surface area contributed by atoms with E-state index in [1.807, 2.05) is 24.5 Å². The van der Waals surface area contributed by atoms with Crippen LogP contribution in [0.4, 0.5) is 5.82 Å². The molecule has 4 nitrogen and oxygen atoms in total. The Hall–Kier alpha value is -1.55. The maximum Gasteiger partial charge on any atom is 0.138 e. The van der Waals surface area contributed by atoms with Crippen molar-refractivity contribution in [3.05, 3.63) is 30.6 Å². The molecule has 2 aromatic heterocycles. The van der Waals surface area contributed by atoms with E-state index < -0.39 is 0 Å². The van der Waals surface area contributed by atoms with Crippen LogP contribution in [0.5, 0.6) is 0 Å². The second-order valence-corrected chi connectivity index (χ2v) is 4.75. The van der Waals surface area contributed by atoms with Gasteiger partial charge < -0.3 is 10.0 Å². The molecule has 0 radical (unpaired) electrons. The van der Waals surface area contributed by atoms with Crippen molar-refractivity contribution in [2.45, 2.75) is 19.4 Å². The summed E-state index contributed by atoms with van der Waals surface area (Å²) in [6.45, 7) is 3.42. The molecule has 17 heavy (non-hydrogen) atoms. The van der Waals surface area contributed by atoms with Crippen LogP contribution in [0.2, 0.25) is 0 Å². The van der Waals surface area contributed by atoms with Gasteiger partial charge in [-0.1, -0.05) is 13.0 Å². The fourth-order valence-corrected chi connectivity index (χ4v) is 2.74. The van der Waals surface area contributed by atoms with E-state index in [2.05, 4.69) is 27.3 Å². The molecular formula is C13H17N3O. The molecule has 3 heterocycles. The van der Waals surface area contributed by atoms with Crippen molar-refractivity contribution in [2.75, 3.05) is 18.1 Å². The number of fused-ring (bicyclic) bond motifs is 1. The maximum absolute atomic E-state index is 9.52. The normalized spacial score (nSPS) is 24.7. The number of aliphatic hydroxyl groups excluding tert-OH is 1. The number of hydrogen-bond acceptors (Lipinski definition) is 3. The van der Waals surface area contributed by atoms with Gasteiger partial charge in [0.15, 0.2) is 0 Å². The first kappa shape index (κ1) is 10.6. The summed E-state index contributed by atoms with van der Waals surface area (Å²) in [5.74, 6) is 1.67. The Morgan fingerprint density at radius 1 is 1.47 bits per heavy atom. The lowest BCUT2D eigenvalue weighted by Gasteiger charge is -2.27. The van der Waals surface area contributed by atoms with Crippen LogP contribution in [0.1, 0.15) is 13.3 Å². The Morgan fingerprint density at radius 3 is 3.18 bits per heavy atom. The molecule has 1 N–H and O–H groups in total. The topological polar surface area (TPSA) is 40.8 Å². The van der Waals surface area contributed by atoms with E-state index in [-0.39, 0.29) is 12.6 Å². The second kappa shape index (κ2) is 4.04. The lowest BCUT2D eigenvalue weighted by molar-refractivity contribution is 0.244. The first-order chi connectivity index (χ1) is 8.31. The lowest BCUT2D eigenvalue weighted by Crippen LogP contribution is -2.36. The predicted octanol–water partition coefficient (Wildman–Crippen LogP) is 1.54. The van der Waals surface area contributed by atoms with Gasteiger partial charge in [0.1, 0.15) is 11.5 Å². The van der Waals surface area contributed by atoms with E-state index in [0.29, 0.717) is 5.92 Å². The van der Waals surface area contributed by atoms with Gasteiger partial charge in [0.25, 0.3) is 0 Å². The van der Waals surface area contributed by atoms with E-state index in [1.54, 1.807) is 0 Å². The van der Waals surface area contributed by atoms with Gasteiger partial charge in [0.2, 0.25) is 0 Å². The molecule has 90 valence electrons. The molecule has 1 aliphatic rings. The fourth-order valence-electron chi connectivity index (χ4n) is 2.74. The molecule has 0 spiro atoms. The molecule has 4 heteroatoms. The molecule has 2 atom stereocenters. The van der Waals surface area contributed by atoms with E-state index in [4.69, 9.17) is 0 Å². The van der Waals surface area contributed by atoms with E-state index >= 15 is 0 Å². The highest BCUT2D eigenvalue weighted by molar-refractivity contribution is 5.52. The number of rotatable bonds is 2. The minimum Gasteiger partial charge on any atom is -0.394 e. The third-order valence-electron chi connectivity index (χ3n) is 3.77. The van der Waals surface area contributed by atoms with Gasteiger partial charge in [0.05, 0.1) is 12.6 Å². The highest BCUT2D eigenvalue weighted by atomic mass is 16.3. The summed E-state index contributed by atoms with van der Waals surface area (Å²) < 4.78 is 2.08. The average molecular weight is 231 g/mol. The van der Waals surface area contributed by atoms with Crippen LogP contribution in [0.3, 0.4) is 0 Å². The summed E-state index contributed by atoms with van der Waals surface area (Å²) in [6.07, 6.45) is 4.92. The number of imidazole rings is 1. The SMILES string of the molecule is CC1CCN(c2cccc3nccn23)C1CO. The second-order valence-electron chi connectivity index (χ2n) is 4.75. The van der Waals surface area contributed by atoms with Crippen molar-refractivity contribution >= 4 is 11.5 Å². The fraction of sp³-hybridized carbons (Fsp3) is 0.462. The average Bonchev–Trinajstić information content (AvgIpc) is 2.94. The Kier molecular flexibility index (Phi) is 2.52. The summed E-state index contributed by atoms with van der Waals surface area (Å²) >= 11 is 0. The monoisotopic (exact) mass is 231 g/mol. The number of nitrogens with zero attached hydrogens (tertiary/aromatic N) is 3. The summed E-state index contributed by atoms with van der Waals surface area (Å²) in [5.41, 5.74) is 0.957. The molecule has 0 saturated carbocycles. The lowest BCUT2D eigenvalue weighted by atomic mass is 10.0. The zero-order valence-electron chi connectivity index (χ0n) is 9.95. The molecule has 1 fully saturated rings. The number of hydrogen-bond donors (Lipinski definition) is 1. The Labute approximate surface area is 101 Å². The van der Waals surface area contributed by atoms with E-state index in [0.717, 1.165) is 24.4 Å². The van der Waals surface area contributed by atoms with Gasteiger partial charge in [-0.05, 0) is 24.5 Å². The van der Waals surface area contributed by atoms with Crippen LogP contribution >= 0.6 is 0 Å². The van der Waals surface area contributed by atoms with Crippen LogP contribution < -0.4 is 4.90 Å². The van der Waals surface area contributed by atoms with E-state index in [9.17, 15) is 5.11 Å². The molecule has 0 aromatic carbocycles. The summed E-state index contributed by atoms with van der Waals surface area (Å²) in [7, 11) is 0. The molecular weight excluding hydrogens is 214 g/mol. The van der Waals surface area contributed by atoms with Crippen molar-refractivity contribution in [2.24, 2.45) is 5.92 Å². The first-order valence-corrected chi connectivity index (χ1v) is 6.11. The highest BCUT2D eigenvalue weighted by Gasteiger charge is 2.31. The first-order valence-electron chi connectivity index (χ1n) is 6.11. The summed E-state index contributed by atoms with van der Waals surface area (Å²) in [5, 5.41) is 9.52. The van der Waals surface area contributed by atoms with Gasteiger partial charge in [-0.2, -0.15) is 0 Å². The largest absolute Gasteiger partial charge is 0.394 e. The Balaban J connectivity index is 2.06. The van der Waals surface area contributed by atoms with Crippen LogP contribution in [0, 0.1) is 5.92 Å². The number of anilines is 1. The van der Waals surface area contributed by atoms with Crippen LogP contribution in [-0.4, -0.2) is 33.7 Å². The maximum atomic E-state index is 9.52. The minimum atomic E-state index is 0.215. The predicted molar refractivity (Wildman–Crippen MR) is 67.2 cm³/mol. The third-order valence-corrected chi connectivity index (χ3v) is 3.77. The number of aromatic nitrogens is 2. The molecule has 2 unspecified atom stereocenters. The summed E-state index contributed by atoms with van der Waals surface area (Å²) in [4.78, 5) is 6.59. The quantitative estimate of drug-likeness (QED) is 0.852. The van der Waals surface area contributed by atoms with Crippen LogP contribution in [-0.2, 0) is 0 Å². The third kappa shape index (κ3) is 1.60. The van der Waals surface area contributed by atoms with Crippen molar-refractivity contribution < 1.29 is 5.11 Å². The van der Waals surface area contributed by atoms with Crippen molar-refractivity contribution in [1.82, 2.24) is 9.38 Å². The smallest absolute Gasteiger partial charge is 0.138 e. The minimum absolute atomic E-state index is 0.215. The molecule has 2 aromatic rings. The molecule has 0 amide bonds. The van der Waals surface area contributed by atoms with Gasteiger partial charge in [-0.25, -0.2) is 4.98 Å². The van der Waals surface area contributed by atoms with Crippen LogP contribution in [0.25, 0.3) is 5.65 Å². The van der Waals surface area contributed by atoms with Gasteiger partial charge in [0, 0.05) is 18.9 Å². The molecule has 0 bridgehead atoms.